The topological polar surface area (TPSA) is 86.9 Å². The average Bonchev–Trinajstić information content (AvgIpc) is 3.39. The molecule has 34 heavy (non-hydrogen) atoms. The van der Waals surface area contributed by atoms with Gasteiger partial charge in [-0.15, -0.1) is 0 Å². The monoisotopic (exact) mass is 456 g/mol. The van der Waals surface area contributed by atoms with E-state index in [1.54, 1.807) is 60.9 Å². The number of hydrogen-bond donors (Lipinski definition) is 2. The van der Waals surface area contributed by atoms with Crippen molar-refractivity contribution >= 4 is 35.9 Å². The van der Waals surface area contributed by atoms with Crippen molar-refractivity contribution in [2.75, 3.05) is 18.0 Å². The van der Waals surface area contributed by atoms with Gasteiger partial charge in [0.15, 0.2) is 0 Å². The number of amides is 2. The first kappa shape index (κ1) is 24.3. The smallest absolute Gasteiger partial charge is 0.287 e. The zero-order valence-corrected chi connectivity index (χ0v) is 19.3. The van der Waals surface area contributed by atoms with Crippen LogP contribution < -0.4 is 15.6 Å². The second-order valence-electron chi connectivity index (χ2n) is 7.24. The van der Waals surface area contributed by atoms with Crippen molar-refractivity contribution in [2.45, 2.75) is 13.8 Å². The van der Waals surface area contributed by atoms with Crippen molar-refractivity contribution in [1.82, 2.24) is 10.7 Å². The van der Waals surface area contributed by atoms with Gasteiger partial charge in [0, 0.05) is 30.6 Å². The third kappa shape index (κ3) is 7.06. The lowest BCUT2D eigenvalue weighted by Gasteiger charge is -2.20. The van der Waals surface area contributed by atoms with Crippen LogP contribution in [0.5, 0.6) is 0 Å². The molecule has 0 fully saturated rings. The van der Waals surface area contributed by atoms with Gasteiger partial charge < -0.3 is 14.6 Å². The highest BCUT2D eigenvalue weighted by Gasteiger charge is 2.14. The standard InChI is InChI=1S/C27H28N4O3/c1-3-31(4-2)23-16-14-21(15-17-23)20-25(29-26(32)22-10-6-5-7-11-22)27(33)30-28-18-8-12-24-13-9-19-34-24/h5-20H,3-4H2,1-2H3,(H,29,32)(H,30,33)/b12-8+,25-20-,28-18+. The van der Waals surface area contributed by atoms with Crippen molar-refractivity contribution < 1.29 is 14.0 Å². The number of rotatable bonds is 10. The van der Waals surface area contributed by atoms with Gasteiger partial charge in [-0.25, -0.2) is 5.43 Å². The van der Waals surface area contributed by atoms with Crippen LogP contribution >= 0.6 is 0 Å². The quantitative estimate of drug-likeness (QED) is 0.263. The van der Waals surface area contributed by atoms with E-state index >= 15 is 0 Å². The Kier molecular flexibility index (Phi) is 8.99. The lowest BCUT2D eigenvalue weighted by atomic mass is 10.1. The largest absolute Gasteiger partial charge is 0.465 e. The Labute approximate surface area is 199 Å². The fourth-order valence-electron chi connectivity index (χ4n) is 3.20. The lowest BCUT2D eigenvalue weighted by molar-refractivity contribution is -0.117. The maximum absolute atomic E-state index is 12.8. The Bertz CT molecular complexity index is 1140. The summed E-state index contributed by atoms with van der Waals surface area (Å²) >= 11 is 0. The third-order valence-electron chi connectivity index (χ3n) is 4.99. The van der Waals surface area contributed by atoms with Crippen molar-refractivity contribution in [3.05, 3.63) is 102 Å². The van der Waals surface area contributed by atoms with Crippen LogP contribution in [-0.4, -0.2) is 31.1 Å². The minimum atomic E-state index is -0.542. The molecule has 0 saturated heterocycles. The first-order chi connectivity index (χ1) is 16.6. The van der Waals surface area contributed by atoms with Crippen molar-refractivity contribution in [3.63, 3.8) is 0 Å². The van der Waals surface area contributed by atoms with Gasteiger partial charge in [-0.05, 0) is 74.0 Å². The summed E-state index contributed by atoms with van der Waals surface area (Å²) in [4.78, 5) is 27.7. The van der Waals surface area contributed by atoms with Crippen LogP contribution in [0.2, 0.25) is 0 Å². The van der Waals surface area contributed by atoms with Crippen molar-refractivity contribution in [2.24, 2.45) is 5.10 Å². The van der Waals surface area contributed by atoms with Crippen LogP contribution in [0.1, 0.15) is 35.5 Å². The van der Waals surface area contributed by atoms with Crippen molar-refractivity contribution in [1.29, 1.82) is 0 Å². The maximum Gasteiger partial charge on any atom is 0.287 e. The molecule has 2 aromatic carbocycles. The van der Waals surface area contributed by atoms with Crippen LogP contribution in [0, 0.1) is 0 Å². The summed E-state index contributed by atoms with van der Waals surface area (Å²) in [6.07, 6.45) is 7.96. The highest BCUT2D eigenvalue weighted by atomic mass is 16.3. The first-order valence-corrected chi connectivity index (χ1v) is 11.1. The molecule has 1 aromatic heterocycles. The van der Waals surface area contributed by atoms with E-state index in [2.05, 4.69) is 34.6 Å². The van der Waals surface area contributed by atoms with Crippen LogP contribution in [-0.2, 0) is 4.79 Å². The molecule has 0 radical (unpaired) electrons. The summed E-state index contributed by atoms with van der Waals surface area (Å²) < 4.78 is 5.19. The molecule has 0 aliphatic carbocycles. The molecule has 0 unspecified atom stereocenters. The van der Waals surface area contributed by atoms with E-state index in [9.17, 15) is 9.59 Å². The number of hydrogen-bond acceptors (Lipinski definition) is 5. The molecular weight excluding hydrogens is 428 g/mol. The Hall–Kier alpha value is -4.39. The Morgan fingerprint density at radius 3 is 2.35 bits per heavy atom. The zero-order chi connectivity index (χ0) is 24.2. The zero-order valence-electron chi connectivity index (χ0n) is 19.3. The van der Waals surface area contributed by atoms with Gasteiger partial charge in [0.2, 0.25) is 0 Å². The molecule has 0 aliphatic rings. The average molecular weight is 457 g/mol. The summed E-state index contributed by atoms with van der Waals surface area (Å²) in [6.45, 7) is 6.00. The molecule has 3 rings (SSSR count). The molecule has 2 amide bonds. The van der Waals surface area contributed by atoms with E-state index in [-0.39, 0.29) is 11.6 Å². The second kappa shape index (κ2) is 12.6. The number of furan rings is 1. The van der Waals surface area contributed by atoms with E-state index < -0.39 is 5.91 Å². The number of hydrazone groups is 1. The number of benzene rings is 2. The number of carbonyl (C=O) groups is 2. The van der Waals surface area contributed by atoms with Crippen LogP contribution in [0.3, 0.4) is 0 Å². The molecule has 1 heterocycles. The number of nitrogens with one attached hydrogen (secondary N) is 2. The number of carbonyl (C=O) groups excluding carboxylic acids is 2. The molecule has 0 aliphatic heterocycles. The van der Waals surface area contributed by atoms with Crippen LogP contribution in [0.25, 0.3) is 12.2 Å². The minimum Gasteiger partial charge on any atom is -0.465 e. The summed E-state index contributed by atoms with van der Waals surface area (Å²) in [5, 5.41) is 6.62. The number of allylic oxidation sites excluding steroid dienone is 1. The Morgan fingerprint density at radius 2 is 1.71 bits per heavy atom. The van der Waals surface area contributed by atoms with E-state index in [0.29, 0.717) is 11.3 Å². The summed E-state index contributed by atoms with van der Waals surface area (Å²) in [5.74, 6) is -0.259. The Balaban J connectivity index is 1.76. The van der Waals surface area contributed by atoms with Gasteiger partial charge >= 0.3 is 0 Å². The summed E-state index contributed by atoms with van der Waals surface area (Å²) in [6, 6.07) is 20.1. The van der Waals surface area contributed by atoms with Crippen molar-refractivity contribution in [3.8, 4) is 0 Å². The lowest BCUT2D eigenvalue weighted by Crippen LogP contribution is -2.32. The molecule has 2 N–H and O–H groups in total. The van der Waals surface area contributed by atoms with Gasteiger partial charge in [0.25, 0.3) is 11.8 Å². The van der Waals surface area contributed by atoms with E-state index in [1.165, 1.54) is 6.21 Å². The molecule has 7 heteroatoms. The third-order valence-corrected chi connectivity index (χ3v) is 4.99. The number of anilines is 1. The van der Waals surface area contributed by atoms with E-state index in [0.717, 1.165) is 24.3 Å². The predicted molar refractivity (Wildman–Crippen MR) is 136 cm³/mol. The van der Waals surface area contributed by atoms with Crippen LogP contribution in [0.15, 0.2) is 94.3 Å². The molecule has 0 atom stereocenters. The highest BCUT2D eigenvalue weighted by Crippen LogP contribution is 2.16. The Morgan fingerprint density at radius 1 is 0.971 bits per heavy atom. The number of nitrogens with zero attached hydrogens (tertiary/aromatic N) is 2. The molecule has 7 nitrogen and oxygen atoms in total. The molecule has 0 spiro atoms. The van der Waals surface area contributed by atoms with Gasteiger partial charge in [0.1, 0.15) is 11.5 Å². The summed E-state index contributed by atoms with van der Waals surface area (Å²) in [7, 11) is 0. The van der Waals surface area contributed by atoms with Crippen LogP contribution in [0.4, 0.5) is 5.69 Å². The molecule has 0 bridgehead atoms. The SMILES string of the molecule is CCN(CC)c1ccc(/C=C(\NC(=O)c2ccccc2)C(=O)N/N=C/C=C/c2ccco2)cc1. The fourth-order valence-corrected chi connectivity index (χ4v) is 3.20. The summed E-state index contributed by atoms with van der Waals surface area (Å²) in [5.41, 5.74) is 4.84. The van der Waals surface area contributed by atoms with Gasteiger partial charge in [-0.2, -0.15) is 5.10 Å². The maximum atomic E-state index is 12.8. The fraction of sp³-hybridized carbons (Fsp3) is 0.148. The van der Waals surface area contributed by atoms with Gasteiger partial charge in [0.05, 0.1) is 6.26 Å². The predicted octanol–water partition coefficient (Wildman–Crippen LogP) is 4.71. The highest BCUT2D eigenvalue weighted by molar-refractivity contribution is 6.05. The second-order valence-corrected chi connectivity index (χ2v) is 7.24. The van der Waals surface area contributed by atoms with E-state index in [4.69, 9.17) is 4.42 Å². The normalized spacial score (nSPS) is 11.6. The molecule has 174 valence electrons. The first-order valence-electron chi connectivity index (χ1n) is 11.1. The van der Waals surface area contributed by atoms with Gasteiger partial charge in [-0.3, -0.25) is 9.59 Å². The molecule has 0 saturated carbocycles. The minimum absolute atomic E-state index is 0.0802. The van der Waals surface area contributed by atoms with E-state index in [1.807, 2.05) is 30.3 Å². The molecule has 3 aromatic rings. The molecular formula is C27H28N4O3. The van der Waals surface area contributed by atoms with Gasteiger partial charge in [-0.1, -0.05) is 30.3 Å².